The van der Waals surface area contributed by atoms with Gasteiger partial charge in [-0.3, -0.25) is 14.6 Å². The van der Waals surface area contributed by atoms with Gasteiger partial charge in [0, 0.05) is 61.0 Å². The van der Waals surface area contributed by atoms with Crippen molar-refractivity contribution in [1.82, 2.24) is 14.8 Å². The first-order valence-electron chi connectivity index (χ1n) is 17.4. The van der Waals surface area contributed by atoms with Gasteiger partial charge in [-0.2, -0.15) is 5.26 Å². The van der Waals surface area contributed by atoms with E-state index in [1.807, 2.05) is 18.2 Å². The number of aromatic nitrogens is 1. The highest BCUT2D eigenvalue weighted by molar-refractivity contribution is 7.99. The van der Waals surface area contributed by atoms with Crippen LogP contribution >= 0.6 is 23.4 Å². The Balaban J connectivity index is 1.23. The van der Waals surface area contributed by atoms with Gasteiger partial charge in [-0.1, -0.05) is 60.7 Å². The summed E-state index contributed by atoms with van der Waals surface area (Å²) in [5.74, 6) is 0.334. The molecule has 3 heterocycles. The SMILES string of the molecule is COc1nc(C2(CSc3ccc4c(c3C#N)CC[C@H]4N3CCC(C(=O)O)C3)C=CC=C(c3ccccc3)C2(C)Cl)ccc1CN1CC(CO)C1. The molecule has 0 saturated carbocycles. The van der Waals surface area contributed by atoms with Gasteiger partial charge in [0.2, 0.25) is 5.88 Å². The smallest absolute Gasteiger partial charge is 0.307 e. The van der Waals surface area contributed by atoms with Crippen LogP contribution in [0, 0.1) is 23.2 Å². The van der Waals surface area contributed by atoms with Crippen molar-refractivity contribution in [3.63, 3.8) is 0 Å². The number of nitrogens with zero attached hydrogens (tertiary/aromatic N) is 4. The predicted molar refractivity (Wildman–Crippen MR) is 196 cm³/mol. The van der Waals surface area contributed by atoms with Crippen LogP contribution in [0.1, 0.15) is 59.3 Å². The second-order valence-electron chi connectivity index (χ2n) is 14.2. The number of halogens is 1. The fourth-order valence-electron chi connectivity index (χ4n) is 8.35. The number of benzene rings is 2. The molecule has 10 heteroatoms. The van der Waals surface area contributed by atoms with Crippen LogP contribution in [0.25, 0.3) is 5.57 Å². The number of nitriles is 1. The van der Waals surface area contributed by atoms with Crippen molar-refractivity contribution in [3.05, 3.63) is 106 Å². The van der Waals surface area contributed by atoms with Crippen LogP contribution in [0.4, 0.5) is 0 Å². The predicted octanol–water partition coefficient (Wildman–Crippen LogP) is 6.46. The van der Waals surface area contributed by atoms with Gasteiger partial charge in [-0.05, 0) is 67.1 Å². The van der Waals surface area contributed by atoms with Crippen molar-refractivity contribution >= 4 is 34.9 Å². The van der Waals surface area contributed by atoms with Crippen LogP contribution in [-0.4, -0.2) is 81.5 Å². The minimum Gasteiger partial charge on any atom is -0.481 e. The quantitative estimate of drug-likeness (QED) is 0.171. The maximum Gasteiger partial charge on any atom is 0.307 e. The Labute approximate surface area is 303 Å². The Bertz CT molecular complexity index is 1870. The molecule has 2 aliphatic heterocycles. The number of alkyl halides is 1. The zero-order valence-electron chi connectivity index (χ0n) is 28.5. The number of likely N-dealkylation sites (tertiary alicyclic amines) is 2. The van der Waals surface area contributed by atoms with Gasteiger partial charge in [0.05, 0.1) is 34.6 Å². The van der Waals surface area contributed by atoms with Crippen molar-refractivity contribution in [3.8, 4) is 11.9 Å². The number of aliphatic hydroxyl groups excluding tert-OH is 1. The summed E-state index contributed by atoms with van der Waals surface area (Å²) in [7, 11) is 1.65. The number of fused-ring (bicyclic) bond motifs is 1. The number of carboxylic acids is 1. The van der Waals surface area contributed by atoms with Crippen molar-refractivity contribution in [2.75, 3.05) is 45.6 Å². The Kier molecular flexibility index (Phi) is 9.86. The van der Waals surface area contributed by atoms with Gasteiger partial charge in [0.15, 0.2) is 0 Å². The molecule has 4 atom stereocenters. The number of rotatable bonds is 11. The first-order chi connectivity index (χ1) is 24.2. The average molecular weight is 711 g/mol. The van der Waals surface area contributed by atoms with Gasteiger partial charge < -0.3 is 14.9 Å². The van der Waals surface area contributed by atoms with Crippen LogP contribution in [0.15, 0.2) is 77.7 Å². The number of methoxy groups -OCH3 is 1. The molecule has 2 saturated heterocycles. The molecule has 7 rings (SSSR count). The molecular weight excluding hydrogens is 668 g/mol. The van der Waals surface area contributed by atoms with E-state index in [-0.39, 0.29) is 18.6 Å². The van der Waals surface area contributed by atoms with Gasteiger partial charge in [-0.15, -0.1) is 23.4 Å². The number of hydrogen-bond donors (Lipinski definition) is 2. The molecule has 2 aliphatic carbocycles. The summed E-state index contributed by atoms with van der Waals surface area (Å²) in [6.07, 6.45) is 8.65. The maximum absolute atomic E-state index is 11.7. The molecule has 0 amide bonds. The topological polar surface area (TPSA) is 110 Å². The number of aliphatic carboxylic acids is 1. The van der Waals surface area contributed by atoms with E-state index in [1.165, 1.54) is 0 Å². The summed E-state index contributed by atoms with van der Waals surface area (Å²) in [5.41, 5.74) is 5.95. The van der Waals surface area contributed by atoms with Crippen LogP contribution in [-0.2, 0) is 23.2 Å². The average Bonchev–Trinajstić information content (AvgIpc) is 3.77. The minimum absolute atomic E-state index is 0.138. The van der Waals surface area contributed by atoms with Crippen molar-refractivity contribution < 1.29 is 19.7 Å². The summed E-state index contributed by atoms with van der Waals surface area (Å²) in [4.78, 5) is 21.4. The molecule has 3 aromatic rings. The molecule has 0 bridgehead atoms. The highest BCUT2D eigenvalue weighted by atomic mass is 35.5. The van der Waals surface area contributed by atoms with Crippen molar-refractivity contribution in [2.45, 2.75) is 54.0 Å². The molecule has 2 aromatic carbocycles. The summed E-state index contributed by atoms with van der Waals surface area (Å²) < 4.78 is 5.89. The highest BCUT2D eigenvalue weighted by Crippen LogP contribution is 2.54. The lowest BCUT2D eigenvalue weighted by atomic mass is 9.66. The number of aliphatic hydroxyl groups is 1. The van der Waals surface area contributed by atoms with Crippen molar-refractivity contribution in [1.29, 1.82) is 5.26 Å². The monoisotopic (exact) mass is 710 g/mol. The Hall–Kier alpha value is -3.65. The number of pyridine rings is 1. The Morgan fingerprint density at radius 3 is 2.64 bits per heavy atom. The van der Waals surface area contributed by atoms with E-state index in [1.54, 1.807) is 18.9 Å². The van der Waals surface area contributed by atoms with Crippen LogP contribution in [0.2, 0.25) is 0 Å². The third-order valence-electron chi connectivity index (χ3n) is 11.3. The zero-order chi connectivity index (χ0) is 35.0. The van der Waals surface area contributed by atoms with E-state index >= 15 is 0 Å². The lowest BCUT2D eigenvalue weighted by molar-refractivity contribution is -0.141. The lowest BCUT2D eigenvalue weighted by Crippen LogP contribution is -2.49. The van der Waals surface area contributed by atoms with Crippen LogP contribution < -0.4 is 4.74 Å². The number of ether oxygens (including phenoxy) is 1. The normalized spacial score (nSPS) is 26.7. The van der Waals surface area contributed by atoms with Crippen molar-refractivity contribution in [2.24, 2.45) is 11.8 Å². The van der Waals surface area contributed by atoms with E-state index in [9.17, 15) is 20.3 Å². The van der Waals surface area contributed by atoms with E-state index in [0.717, 1.165) is 70.9 Å². The second kappa shape index (κ2) is 14.2. The molecule has 50 heavy (non-hydrogen) atoms. The van der Waals surface area contributed by atoms with Crippen LogP contribution in [0.5, 0.6) is 5.88 Å². The largest absolute Gasteiger partial charge is 0.481 e. The van der Waals surface area contributed by atoms with E-state index < -0.39 is 16.3 Å². The second-order valence-corrected chi connectivity index (χ2v) is 15.9. The summed E-state index contributed by atoms with van der Waals surface area (Å²) in [5, 5.41) is 29.6. The summed E-state index contributed by atoms with van der Waals surface area (Å²) >= 11 is 9.44. The Morgan fingerprint density at radius 2 is 1.94 bits per heavy atom. The first-order valence-corrected chi connectivity index (χ1v) is 18.7. The van der Waals surface area contributed by atoms with E-state index in [4.69, 9.17) is 21.3 Å². The molecular formula is C40H43ClN4O4S. The fraction of sp³-hybridized carbons (Fsp3) is 0.425. The molecule has 0 spiro atoms. The number of carboxylic acid groups (broad SMARTS) is 1. The molecule has 0 radical (unpaired) electrons. The van der Waals surface area contributed by atoms with Gasteiger partial charge in [0.1, 0.15) is 6.07 Å². The molecule has 2 fully saturated rings. The standard InChI is InChI=1S/C40H43ClN4O4S/c1-39(41)33(27-7-4-3-5-8-27)9-6-17-40(39,36-15-10-28(37(43-36)49-2)22-44-20-26(21-44)24-46)25-50-35-14-12-31-30(32(35)19-42)11-13-34(31)45-18-16-29(23-45)38(47)48/h3-10,12,14-15,17,26,29,34,46H,11,13,16,18,20-25H2,1-2H3,(H,47,48)/t29?,34-,39?,40?/m1/s1. The number of allylic oxidation sites excluding steroid dienone is 4. The molecule has 4 aliphatic rings. The molecule has 1 aromatic heterocycles. The summed E-state index contributed by atoms with van der Waals surface area (Å²) in [6.45, 7) is 5.96. The maximum atomic E-state index is 11.7. The number of carbonyl (C=O) groups is 1. The van der Waals surface area contributed by atoms with Crippen LogP contribution in [0.3, 0.4) is 0 Å². The number of hydrogen-bond acceptors (Lipinski definition) is 8. The lowest BCUT2D eigenvalue weighted by Gasteiger charge is -2.46. The van der Waals surface area contributed by atoms with Gasteiger partial charge in [-0.25, -0.2) is 4.98 Å². The summed E-state index contributed by atoms with van der Waals surface area (Å²) in [6, 6.07) is 21.2. The minimum atomic E-state index is -0.910. The highest BCUT2D eigenvalue weighted by Gasteiger charge is 2.52. The molecule has 260 valence electrons. The van der Waals surface area contributed by atoms with Gasteiger partial charge >= 0.3 is 5.97 Å². The van der Waals surface area contributed by atoms with Gasteiger partial charge in [0.25, 0.3) is 0 Å². The molecule has 8 nitrogen and oxygen atoms in total. The van der Waals surface area contributed by atoms with E-state index in [2.05, 4.69) is 77.4 Å². The number of thioether (sulfide) groups is 1. The Morgan fingerprint density at radius 1 is 1.14 bits per heavy atom. The zero-order valence-corrected chi connectivity index (χ0v) is 30.1. The molecule has 2 N–H and O–H groups in total. The third-order valence-corrected chi connectivity index (χ3v) is 13.1. The third kappa shape index (κ3) is 6.16. The fourth-order valence-corrected chi connectivity index (χ4v) is 10.2. The first kappa shape index (κ1) is 34.8. The van der Waals surface area contributed by atoms with E-state index in [0.29, 0.717) is 42.6 Å². The molecule has 3 unspecified atom stereocenters.